The lowest BCUT2D eigenvalue weighted by molar-refractivity contribution is -0.137. The molecule has 2 aromatic carbocycles. The van der Waals surface area contributed by atoms with E-state index in [1.54, 1.807) is 10.5 Å². The minimum Gasteiger partial charge on any atom is -0.291 e. The molecule has 0 unspecified atom stereocenters. The molecule has 0 N–H and O–H groups in total. The van der Waals surface area contributed by atoms with Crippen LogP contribution in [0.1, 0.15) is 11.3 Å². The molecule has 0 aliphatic carbocycles. The lowest BCUT2D eigenvalue weighted by atomic mass is 10.1. The van der Waals surface area contributed by atoms with Crippen LogP contribution in [0.5, 0.6) is 0 Å². The third-order valence-corrected chi connectivity index (χ3v) is 4.09. The number of fused-ring (bicyclic) bond motifs is 3. The Balaban J connectivity index is 2.01. The number of benzene rings is 2. The Kier molecular flexibility index (Phi) is 3.25. The van der Waals surface area contributed by atoms with Crippen molar-refractivity contribution in [1.29, 1.82) is 5.26 Å². The van der Waals surface area contributed by atoms with Crippen LogP contribution in [-0.4, -0.2) is 9.38 Å². The molecule has 0 bridgehead atoms. The average molecular weight is 337 g/mol. The minimum absolute atomic E-state index is 0.237. The normalized spacial score (nSPS) is 11.8. The molecule has 0 amide bonds. The fourth-order valence-electron chi connectivity index (χ4n) is 2.92. The van der Waals surface area contributed by atoms with Crippen LogP contribution in [0.4, 0.5) is 13.2 Å². The summed E-state index contributed by atoms with van der Waals surface area (Å²) in [5.74, 6) is 0.442. The van der Waals surface area contributed by atoms with Crippen LogP contribution in [0.25, 0.3) is 27.8 Å². The van der Waals surface area contributed by atoms with Gasteiger partial charge in [-0.3, -0.25) is 4.40 Å². The van der Waals surface area contributed by atoms with Gasteiger partial charge in [-0.15, -0.1) is 0 Å². The summed E-state index contributed by atoms with van der Waals surface area (Å²) in [4.78, 5) is 4.34. The molecule has 122 valence electrons. The SMILES string of the molecule is N#Cc1nc(-c2ccc(C(F)(F)F)cc2)n2c1ccc1ccccc12. The van der Waals surface area contributed by atoms with Gasteiger partial charge < -0.3 is 0 Å². The number of alkyl halides is 3. The van der Waals surface area contributed by atoms with Crippen molar-refractivity contribution in [2.75, 3.05) is 0 Å². The van der Waals surface area contributed by atoms with Crippen molar-refractivity contribution in [3.63, 3.8) is 0 Å². The van der Waals surface area contributed by atoms with E-state index in [4.69, 9.17) is 0 Å². The molecular formula is C19H10F3N3. The number of pyridine rings is 1. The van der Waals surface area contributed by atoms with Crippen molar-refractivity contribution < 1.29 is 13.2 Å². The molecule has 4 aromatic rings. The number of rotatable bonds is 1. The monoisotopic (exact) mass is 337 g/mol. The summed E-state index contributed by atoms with van der Waals surface area (Å²) < 4.78 is 40.1. The summed E-state index contributed by atoms with van der Waals surface area (Å²) in [6.45, 7) is 0. The lowest BCUT2D eigenvalue weighted by Gasteiger charge is -2.08. The van der Waals surface area contributed by atoms with E-state index in [2.05, 4.69) is 4.98 Å². The molecule has 0 aliphatic heterocycles. The Labute approximate surface area is 140 Å². The van der Waals surface area contributed by atoms with Crippen LogP contribution in [0, 0.1) is 11.3 Å². The fourth-order valence-corrected chi connectivity index (χ4v) is 2.92. The first kappa shape index (κ1) is 15.2. The molecule has 0 saturated carbocycles. The summed E-state index contributed by atoms with van der Waals surface area (Å²) in [5.41, 5.74) is 1.49. The summed E-state index contributed by atoms with van der Waals surface area (Å²) in [7, 11) is 0. The number of imidazole rings is 1. The number of nitriles is 1. The van der Waals surface area contributed by atoms with Crippen LogP contribution < -0.4 is 0 Å². The Morgan fingerprint density at radius 3 is 2.28 bits per heavy atom. The maximum Gasteiger partial charge on any atom is 0.416 e. The molecule has 25 heavy (non-hydrogen) atoms. The van der Waals surface area contributed by atoms with Crippen LogP contribution in [-0.2, 0) is 6.18 Å². The van der Waals surface area contributed by atoms with Gasteiger partial charge in [0.25, 0.3) is 0 Å². The summed E-state index contributed by atoms with van der Waals surface area (Å²) in [6, 6.07) is 18.1. The highest BCUT2D eigenvalue weighted by Gasteiger charge is 2.30. The first-order valence-electron chi connectivity index (χ1n) is 7.47. The van der Waals surface area contributed by atoms with Gasteiger partial charge >= 0.3 is 6.18 Å². The molecule has 0 aliphatic rings. The molecule has 2 aromatic heterocycles. The zero-order valence-corrected chi connectivity index (χ0v) is 12.7. The zero-order chi connectivity index (χ0) is 17.6. The van der Waals surface area contributed by atoms with Crippen LogP contribution in [0.15, 0.2) is 60.7 Å². The average Bonchev–Trinajstić information content (AvgIpc) is 3.00. The number of aromatic nitrogens is 2. The van der Waals surface area contributed by atoms with E-state index in [0.29, 0.717) is 16.9 Å². The minimum atomic E-state index is -4.39. The van der Waals surface area contributed by atoms with E-state index in [0.717, 1.165) is 23.0 Å². The van der Waals surface area contributed by atoms with Crippen LogP contribution in [0.3, 0.4) is 0 Å². The van der Waals surface area contributed by atoms with Crippen molar-refractivity contribution in [2.45, 2.75) is 6.18 Å². The largest absolute Gasteiger partial charge is 0.416 e. The molecule has 0 fully saturated rings. The van der Waals surface area contributed by atoms with E-state index >= 15 is 0 Å². The standard InChI is InChI=1S/C19H10F3N3/c20-19(21,22)14-8-5-13(6-9-14)18-24-15(11-23)17-10-7-12-3-1-2-4-16(12)25(17)18/h1-10H. The smallest absolute Gasteiger partial charge is 0.291 e. The third-order valence-electron chi connectivity index (χ3n) is 4.09. The van der Waals surface area contributed by atoms with E-state index in [1.807, 2.05) is 36.4 Å². The number of para-hydroxylation sites is 1. The van der Waals surface area contributed by atoms with Gasteiger partial charge in [-0.25, -0.2) is 4.98 Å². The van der Waals surface area contributed by atoms with Gasteiger partial charge in [-0.2, -0.15) is 18.4 Å². The Hall–Kier alpha value is -3.33. The Morgan fingerprint density at radius 1 is 0.880 bits per heavy atom. The number of hydrogen-bond acceptors (Lipinski definition) is 2. The first-order valence-corrected chi connectivity index (χ1v) is 7.47. The quantitative estimate of drug-likeness (QED) is 0.488. The van der Waals surface area contributed by atoms with E-state index < -0.39 is 11.7 Å². The molecule has 0 atom stereocenters. The fraction of sp³-hybridized carbons (Fsp3) is 0.0526. The summed E-state index contributed by atoms with van der Waals surface area (Å²) in [6.07, 6.45) is -4.39. The van der Waals surface area contributed by atoms with Crippen LogP contribution >= 0.6 is 0 Å². The van der Waals surface area contributed by atoms with Gasteiger partial charge in [0.05, 0.1) is 16.6 Å². The van der Waals surface area contributed by atoms with E-state index in [-0.39, 0.29) is 5.69 Å². The van der Waals surface area contributed by atoms with Gasteiger partial charge in [0.2, 0.25) is 0 Å². The molecule has 6 heteroatoms. The van der Waals surface area contributed by atoms with E-state index in [1.165, 1.54) is 12.1 Å². The second-order valence-corrected chi connectivity index (χ2v) is 5.58. The van der Waals surface area contributed by atoms with Crippen molar-refractivity contribution in [2.24, 2.45) is 0 Å². The molecule has 0 spiro atoms. The predicted molar refractivity (Wildman–Crippen MR) is 87.9 cm³/mol. The van der Waals surface area contributed by atoms with Gasteiger partial charge in [-0.1, -0.05) is 36.4 Å². The third kappa shape index (κ3) is 2.41. The van der Waals surface area contributed by atoms with E-state index in [9.17, 15) is 18.4 Å². The highest BCUT2D eigenvalue weighted by Crippen LogP contribution is 2.32. The molecule has 0 saturated heterocycles. The maximum atomic E-state index is 12.8. The summed E-state index contributed by atoms with van der Waals surface area (Å²) in [5, 5.41) is 10.3. The zero-order valence-electron chi connectivity index (χ0n) is 12.7. The molecule has 0 radical (unpaired) electrons. The topological polar surface area (TPSA) is 41.1 Å². The number of hydrogen-bond donors (Lipinski definition) is 0. The van der Waals surface area contributed by atoms with Gasteiger partial charge in [-0.05, 0) is 29.7 Å². The molecule has 2 heterocycles. The van der Waals surface area contributed by atoms with Gasteiger partial charge in [0, 0.05) is 5.56 Å². The van der Waals surface area contributed by atoms with Crippen molar-refractivity contribution in [3.8, 4) is 17.5 Å². The van der Waals surface area contributed by atoms with Crippen molar-refractivity contribution in [1.82, 2.24) is 9.38 Å². The molecular weight excluding hydrogens is 327 g/mol. The second kappa shape index (κ2) is 5.35. The highest BCUT2D eigenvalue weighted by molar-refractivity contribution is 5.86. The maximum absolute atomic E-state index is 12.8. The van der Waals surface area contributed by atoms with Gasteiger partial charge in [0.1, 0.15) is 11.9 Å². The first-order chi connectivity index (χ1) is 12.0. The molecule has 4 rings (SSSR count). The number of nitrogens with zero attached hydrogens (tertiary/aromatic N) is 3. The number of halogens is 3. The highest BCUT2D eigenvalue weighted by atomic mass is 19.4. The second-order valence-electron chi connectivity index (χ2n) is 5.58. The van der Waals surface area contributed by atoms with Crippen molar-refractivity contribution in [3.05, 3.63) is 71.9 Å². The van der Waals surface area contributed by atoms with Crippen molar-refractivity contribution >= 4 is 16.4 Å². The molecule has 3 nitrogen and oxygen atoms in total. The van der Waals surface area contributed by atoms with Gasteiger partial charge in [0.15, 0.2) is 5.69 Å². The predicted octanol–water partition coefficient (Wildman–Crippen LogP) is 5.04. The Morgan fingerprint density at radius 2 is 1.60 bits per heavy atom. The summed E-state index contributed by atoms with van der Waals surface area (Å²) >= 11 is 0. The Bertz CT molecular complexity index is 1130. The van der Waals surface area contributed by atoms with Crippen LogP contribution in [0.2, 0.25) is 0 Å². The lowest BCUT2D eigenvalue weighted by Crippen LogP contribution is -2.04.